The average Bonchev–Trinajstić information content (AvgIpc) is 3.41. The zero-order chi connectivity index (χ0) is 20.1. The maximum Gasteiger partial charge on any atom is 0.337 e. The lowest BCUT2D eigenvalue weighted by Crippen LogP contribution is -2.32. The minimum absolute atomic E-state index is 0.0251. The summed E-state index contributed by atoms with van der Waals surface area (Å²) in [7, 11) is 0. The number of carboxylic acids is 2. The fourth-order valence-corrected chi connectivity index (χ4v) is 4.42. The Hall–Kier alpha value is -2.82. The Labute approximate surface area is 164 Å². The summed E-state index contributed by atoms with van der Waals surface area (Å²) in [5.74, 6) is -1.65. The number of aliphatic carboxylic acids is 1. The van der Waals surface area contributed by atoms with E-state index in [2.05, 4.69) is 25.2 Å². The summed E-state index contributed by atoms with van der Waals surface area (Å²) in [5.41, 5.74) is 3.31. The monoisotopic (exact) mass is 379 g/mol. The number of nitrogens with one attached hydrogen (secondary N) is 1. The molecule has 4 rings (SSSR count). The molecule has 1 unspecified atom stereocenters. The van der Waals surface area contributed by atoms with Crippen LogP contribution in [0.25, 0.3) is 0 Å². The molecule has 0 aromatic heterocycles. The fourth-order valence-electron chi connectivity index (χ4n) is 4.42. The van der Waals surface area contributed by atoms with Gasteiger partial charge in [-0.15, -0.1) is 0 Å². The number of carboxylic acid groups (broad SMARTS) is 2. The maximum absolute atomic E-state index is 11.7. The lowest BCUT2D eigenvalue weighted by atomic mass is 9.73. The van der Waals surface area contributed by atoms with Gasteiger partial charge < -0.3 is 15.5 Å². The first-order valence-electron chi connectivity index (χ1n) is 9.67. The minimum atomic E-state index is -0.938. The standard InChI is InChI=1S/C23H25NO4/c1-22(2)13-18(24-19-16(20(25)26)7-4-8-17(19)22)15-6-3-5-14(11-15)12-23(9-10-23)21(27)28/h3-8,11,18,24H,9-10,12-13H2,1-2H3,(H,25,26)(H,27,28). The molecule has 0 spiro atoms. The maximum atomic E-state index is 11.7. The van der Waals surface area contributed by atoms with E-state index in [1.807, 2.05) is 24.3 Å². The van der Waals surface area contributed by atoms with Gasteiger partial charge in [-0.05, 0) is 53.9 Å². The van der Waals surface area contributed by atoms with Gasteiger partial charge in [0, 0.05) is 0 Å². The second-order valence-corrected chi connectivity index (χ2v) is 8.83. The number of para-hydroxylation sites is 1. The van der Waals surface area contributed by atoms with Crippen molar-refractivity contribution in [3.63, 3.8) is 0 Å². The van der Waals surface area contributed by atoms with E-state index in [0.717, 1.165) is 36.0 Å². The predicted molar refractivity (Wildman–Crippen MR) is 107 cm³/mol. The Morgan fingerprint density at radius 1 is 1.11 bits per heavy atom. The van der Waals surface area contributed by atoms with Crippen molar-refractivity contribution >= 4 is 17.6 Å². The van der Waals surface area contributed by atoms with Gasteiger partial charge in [0.2, 0.25) is 0 Å². The van der Waals surface area contributed by atoms with Crippen molar-refractivity contribution in [2.75, 3.05) is 5.32 Å². The van der Waals surface area contributed by atoms with Crippen LogP contribution in [0.15, 0.2) is 42.5 Å². The molecular formula is C23H25NO4. The second kappa shape index (κ2) is 6.36. The summed E-state index contributed by atoms with van der Waals surface area (Å²) in [5, 5.41) is 22.5. The Kier molecular flexibility index (Phi) is 4.21. The van der Waals surface area contributed by atoms with Crippen molar-refractivity contribution in [3.05, 3.63) is 64.7 Å². The molecule has 5 heteroatoms. The lowest BCUT2D eigenvalue weighted by Gasteiger charge is -2.39. The first kappa shape index (κ1) is 18.5. The topological polar surface area (TPSA) is 86.6 Å². The van der Waals surface area contributed by atoms with E-state index < -0.39 is 17.4 Å². The van der Waals surface area contributed by atoms with Gasteiger partial charge in [-0.25, -0.2) is 4.79 Å². The van der Waals surface area contributed by atoms with Crippen molar-refractivity contribution < 1.29 is 19.8 Å². The van der Waals surface area contributed by atoms with Crippen LogP contribution >= 0.6 is 0 Å². The molecule has 2 aromatic carbocycles. The van der Waals surface area contributed by atoms with Gasteiger partial charge in [0.15, 0.2) is 0 Å². The molecule has 1 fully saturated rings. The van der Waals surface area contributed by atoms with E-state index in [4.69, 9.17) is 0 Å². The molecule has 0 radical (unpaired) electrons. The highest BCUT2D eigenvalue weighted by molar-refractivity contribution is 5.95. The molecule has 28 heavy (non-hydrogen) atoms. The summed E-state index contributed by atoms with van der Waals surface area (Å²) < 4.78 is 0. The van der Waals surface area contributed by atoms with E-state index in [1.54, 1.807) is 12.1 Å². The smallest absolute Gasteiger partial charge is 0.337 e. The van der Waals surface area contributed by atoms with Crippen LogP contribution in [0.1, 0.15) is 66.2 Å². The Balaban J connectivity index is 1.67. The van der Waals surface area contributed by atoms with Crippen LogP contribution < -0.4 is 5.32 Å². The van der Waals surface area contributed by atoms with Crippen LogP contribution in [0.3, 0.4) is 0 Å². The van der Waals surface area contributed by atoms with Crippen molar-refractivity contribution in [1.82, 2.24) is 0 Å². The second-order valence-electron chi connectivity index (χ2n) is 8.83. The Bertz CT molecular complexity index is 959. The molecule has 146 valence electrons. The number of carbonyl (C=O) groups is 2. The predicted octanol–water partition coefficient (Wildman–Crippen LogP) is 4.63. The molecule has 2 aliphatic rings. The molecular weight excluding hydrogens is 354 g/mol. The molecule has 1 aliphatic heterocycles. The van der Waals surface area contributed by atoms with Gasteiger partial charge >= 0.3 is 11.9 Å². The zero-order valence-electron chi connectivity index (χ0n) is 16.2. The molecule has 0 bridgehead atoms. The van der Waals surface area contributed by atoms with Crippen LogP contribution in [-0.4, -0.2) is 22.2 Å². The summed E-state index contributed by atoms with van der Waals surface area (Å²) in [4.78, 5) is 23.2. The quantitative estimate of drug-likeness (QED) is 0.705. The number of aromatic carboxylic acids is 1. The SMILES string of the molecule is CC1(C)CC(c2cccc(CC3(C(=O)O)CC3)c2)Nc2c(C(=O)O)cccc21. The molecule has 5 nitrogen and oxygen atoms in total. The zero-order valence-corrected chi connectivity index (χ0v) is 16.2. The number of anilines is 1. The number of hydrogen-bond acceptors (Lipinski definition) is 3. The third-order valence-corrected chi connectivity index (χ3v) is 6.26. The summed E-state index contributed by atoms with van der Waals surface area (Å²) in [6.07, 6.45) is 2.84. The van der Waals surface area contributed by atoms with Gasteiger partial charge in [-0.3, -0.25) is 4.79 Å². The molecule has 3 N–H and O–H groups in total. The van der Waals surface area contributed by atoms with Crippen LogP contribution in [0.4, 0.5) is 5.69 Å². The van der Waals surface area contributed by atoms with E-state index in [-0.39, 0.29) is 17.0 Å². The summed E-state index contributed by atoms with van der Waals surface area (Å²) >= 11 is 0. The summed E-state index contributed by atoms with van der Waals surface area (Å²) in [6.45, 7) is 4.28. The Morgan fingerprint density at radius 2 is 1.82 bits per heavy atom. The van der Waals surface area contributed by atoms with Crippen LogP contribution in [0.2, 0.25) is 0 Å². The molecule has 0 amide bonds. The number of benzene rings is 2. The van der Waals surface area contributed by atoms with Crippen molar-refractivity contribution in [1.29, 1.82) is 0 Å². The van der Waals surface area contributed by atoms with E-state index >= 15 is 0 Å². The normalized spacial score (nSPS) is 21.3. The molecule has 1 saturated carbocycles. The molecule has 0 saturated heterocycles. The van der Waals surface area contributed by atoms with E-state index in [0.29, 0.717) is 12.1 Å². The van der Waals surface area contributed by atoms with Crippen molar-refractivity contribution in [2.45, 2.75) is 51.0 Å². The molecule has 1 heterocycles. The summed E-state index contributed by atoms with van der Waals surface area (Å²) in [6, 6.07) is 13.5. The van der Waals surface area contributed by atoms with Gasteiger partial charge in [-0.1, -0.05) is 50.2 Å². The third-order valence-electron chi connectivity index (χ3n) is 6.26. The highest BCUT2D eigenvalue weighted by atomic mass is 16.4. The number of rotatable bonds is 5. The molecule has 2 aromatic rings. The lowest BCUT2D eigenvalue weighted by molar-refractivity contribution is -0.143. The van der Waals surface area contributed by atoms with Gasteiger partial charge in [0.1, 0.15) is 0 Å². The first-order valence-corrected chi connectivity index (χ1v) is 9.67. The van der Waals surface area contributed by atoms with Crippen LogP contribution in [0, 0.1) is 5.41 Å². The first-order chi connectivity index (χ1) is 13.2. The Morgan fingerprint density at radius 3 is 2.46 bits per heavy atom. The number of fused-ring (bicyclic) bond motifs is 1. The van der Waals surface area contributed by atoms with Gasteiger partial charge in [-0.2, -0.15) is 0 Å². The highest BCUT2D eigenvalue weighted by Gasteiger charge is 2.50. The largest absolute Gasteiger partial charge is 0.481 e. The third kappa shape index (κ3) is 3.15. The fraction of sp³-hybridized carbons (Fsp3) is 0.391. The molecule has 1 atom stereocenters. The van der Waals surface area contributed by atoms with Crippen molar-refractivity contribution in [2.24, 2.45) is 5.41 Å². The number of hydrogen-bond donors (Lipinski definition) is 3. The highest BCUT2D eigenvalue weighted by Crippen LogP contribution is 2.49. The van der Waals surface area contributed by atoms with Crippen LogP contribution in [-0.2, 0) is 16.6 Å². The molecule has 1 aliphatic carbocycles. The van der Waals surface area contributed by atoms with Crippen LogP contribution in [0.5, 0.6) is 0 Å². The van der Waals surface area contributed by atoms with E-state index in [1.165, 1.54) is 0 Å². The van der Waals surface area contributed by atoms with Crippen molar-refractivity contribution in [3.8, 4) is 0 Å². The average molecular weight is 379 g/mol. The van der Waals surface area contributed by atoms with Gasteiger partial charge in [0.05, 0.1) is 22.7 Å². The minimum Gasteiger partial charge on any atom is -0.481 e. The van der Waals surface area contributed by atoms with E-state index in [9.17, 15) is 19.8 Å². The van der Waals surface area contributed by atoms with Gasteiger partial charge in [0.25, 0.3) is 0 Å².